The van der Waals surface area contributed by atoms with Gasteiger partial charge in [0.25, 0.3) is 0 Å². The lowest BCUT2D eigenvalue weighted by Gasteiger charge is -2.31. The number of aryl methyl sites for hydroxylation is 1. The van der Waals surface area contributed by atoms with Crippen molar-refractivity contribution in [3.05, 3.63) is 23.8 Å². The molecule has 142 valence electrons. The van der Waals surface area contributed by atoms with Crippen molar-refractivity contribution >= 4 is 20.0 Å². The molecule has 0 amide bonds. The summed E-state index contributed by atoms with van der Waals surface area (Å²) in [6, 6.07) is 4.63. The van der Waals surface area contributed by atoms with Gasteiger partial charge in [0.2, 0.25) is 20.0 Å². The molecule has 1 saturated heterocycles. The zero-order chi connectivity index (χ0) is 18.7. The lowest BCUT2D eigenvalue weighted by Crippen LogP contribution is -2.48. The Bertz CT molecular complexity index is 800. The van der Waals surface area contributed by atoms with Gasteiger partial charge in [-0.3, -0.25) is 0 Å². The molecule has 1 aliphatic rings. The van der Waals surface area contributed by atoms with Crippen LogP contribution in [0.4, 0.5) is 0 Å². The minimum absolute atomic E-state index is 0.116. The SMILES string of the molecule is COc1ccc(S(=O)(=O)NCCS(=O)(=O)N2CCN(C)CC2)c(C)c1. The Morgan fingerprint density at radius 3 is 2.32 bits per heavy atom. The summed E-state index contributed by atoms with van der Waals surface area (Å²) in [5.74, 6) is 0.305. The fourth-order valence-corrected chi connectivity index (χ4v) is 5.35. The van der Waals surface area contributed by atoms with E-state index in [-0.39, 0.29) is 17.2 Å². The average molecular weight is 392 g/mol. The van der Waals surface area contributed by atoms with Crippen LogP contribution in [0.3, 0.4) is 0 Å². The van der Waals surface area contributed by atoms with Crippen molar-refractivity contribution in [2.75, 3.05) is 52.6 Å². The van der Waals surface area contributed by atoms with Gasteiger partial charge < -0.3 is 9.64 Å². The summed E-state index contributed by atoms with van der Waals surface area (Å²) in [4.78, 5) is 2.17. The Morgan fingerprint density at radius 1 is 1.12 bits per heavy atom. The van der Waals surface area contributed by atoms with E-state index in [1.807, 2.05) is 7.05 Å². The Morgan fingerprint density at radius 2 is 1.76 bits per heavy atom. The first-order chi connectivity index (χ1) is 11.7. The number of likely N-dealkylation sites (N-methyl/N-ethyl adjacent to an activating group) is 1. The normalized spacial score (nSPS) is 17.6. The van der Waals surface area contributed by atoms with Gasteiger partial charge in [-0.1, -0.05) is 0 Å². The highest BCUT2D eigenvalue weighted by Crippen LogP contribution is 2.20. The van der Waals surface area contributed by atoms with Crippen LogP contribution in [0.5, 0.6) is 5.75 Å². The third-order valence-electron chi connectivity index (χ3n) is 4.18. The maximum Gasteiger partial charge on any atom is 0.240 e. The van der Waals surface area contributed by atoms with E-state index >= 15 is 0 Å². The third kappa shape index (κ3) is 5.14. The number of benzene rings is 1. The summed E-state index contributed by atoms with van der Waals surface area (Å²) < 4.78 is 58.3. The van der Waals surface area contributed by atoms with E-state index < -0.39 is 20.0 Å². The summed E-state index contributed by atoms with van der Waals surface area (Å²) in [5, 5.41) is 0. The van der Waals surface area contributed by atoms with Gasteiger partial charge >= 0.3 is 0 Å². The van der Waals surface area contributed by atoms with Crippen LogP contribution in [0.1, 0.15) is 5.56 Å². The van der Waals surface area contributed by atoms with Crippen LogP contribution in [-0.2, 0) is 20.0 Å². The van der Waals surface area contributed by atoms with E-state index in [2.05, 4.69) is 9.62 Å². The predicted octanol–water partition coefficient (Wildman–Crippen LogP) is -0.141. The zero-order valence-electron chi connectivity index (χ0n) is 14.7. The van der Waals surface area contributed by atoms with Gasteiger partial charge in [-0.25, -0.2) is 21.6 Å². The molecule has 0 unspecified atom stereocenters. The highest BCUT2D eigenvalue weighted by Gasteiger charge is 2.26. The topological polar surface area (TPSA) is 96.0 Å². The molecule has 0 spiro atoms. The van der Waals surface area contributed by atoms with Crippen LogP contribution in [0.25, 0.3) is 0 Å². The van der Waals surface area contributed by atoms with Gasteiger partial charge in [0.05, 0.1) is 17.8 Å². The average Bonchev–Trinajstić information content (AvgIpc) is 2.54. The van der Waals surface area contributed by atoms with Gasteiger partial charge in [-0.15, -0.1) is 0 Å². The van der Waals surface area contributed by atoms with Crippen molar-refractivity contribution < 1.29 is 21.6 Å². The molecular weight excluding hydrogens is 366 g/mol. The van der Waals surface area contributed by atoms with Gasteiger partial charge in [-0.05, 0) is 37.7 Å². The lowest BCUT2D eigenvalue weighted by molar-refractivity contribution is 0.222. The van der Waals surface area contributed by atoms with Crippen molar-refractivity contribution in [1.29, 1.82) is 0 Å². The smallest absolute Gasteiger partial charge is 0.240 e. The van der Waals surface area contributed by atoms with E-state index in [1.54, 1.807) is 19.1 Å². The number of sulfonamides is 2. The van der Waals surface area contributed by atoms with Crippen molar-refractivity contribution in [2.45, 2.75) is 11.8 Å². The molecule has 1 N–H and O–H groups in total. The summed E-state index contributed by atoms with van der Waals surface area (Å²) in [5.41, 5.74) is 0.536. The monoisotopic (exact) mass is 391 g/mol. The quantitative estimate of drug-likeness (QED) is 0.695. The number of ether oxygens (including phenoxy) is 1. The van der Waals surface area contributed by atoms with E-state index in [9.17, 15) is 16.8 Å². The van der Waals surface area contributed by atoms with Crippen molar-refractivity contribution in [2.24, 2.45) is 0 Å². The first-order valence-electron chi connectivity index (χ1n) is 7.96. The van der Waals surface area contributed by atoms with E-state index in [0.29, 0.717) is 37.5 Å². The van der Waals surface area contributed by atoms with E-state index in [1.165, 1.54) is 17.5 Å². The molecule has 0 saturated carbocycles. The summed E-state index contributed by atoms with van der Waals surface area (Å²) in [6.07, 6.45) is 0. The van der Waals surface area contributed by atoms with E-state index in [0.717, 1.165) is 0 Å². The molecular formula is C15H25N3O5S2. The third-order valence-corrected chi connectivity index (χ3v) is 7.67. The molecule has 25 heavy (non-hydrogen) atoms. The number of rotatable bonds is 7. The maximum absolute atomic E-state index is 12.4. The van der Waals surface area contributed by atoms with Crippen molar-refractivity contribution in [3.63, 3.8) is 0 Å². The van der Waals surface area contributed by atoms with Crippen molar-refractivity contribution in [3.8, 4) is 5.75 Å². The molecule has 0 aliphatic carbocycles. The van der Waals surface area contributed by atoms with Gasteiger partial charge in [0.15, 0.2) is 0 Å². The molecule has 1 aromatic carbocycles. The molecule has 0 atom stereocenters. The Hall–Kier alpha value is -1.20. The van der Waals surface area contributed by atoms with Crippen LogP contribution in [0, 0.1) is 6.92 Å². The summed E-state index contributed by atoms with van der Waals surface area (Å²) in [6.45, 7) is 3.72. The molecule has 1 heterocycles. The zero-order valence-corrected chi connectivity index (χ0v) is 16.4. The second-order valence-electron chi connectivity index (χ2n) is 6.05. The van der Waals surface area contributed by atoms with Gasteiger partial charge in [-0.2, -0.15) is 4.31 Å². The standard InChI is InChI=1S/C15H25N3O5S2/c1-13-12-14(23-3)4-5-15(13)25(21,22)16-6-11-24(19,20)18-9-7-17(2)8-10-18/h4-5,12,16H,6-11H2,1-3H3. The van der Waals surface area contributed by atoms with Crippen LogP contribution in [-0.4, -0.2) is 78.7 Å². The molecule has 1 aliphatic heterocycles. The van der Waals surface area contributed by atoms with Crippen LogP contribution < -0.4 is 9.46 Å². The molecule has 0 radical (unpaired) electrons. The largest absolute Gasteiger partial charge is 0.497 e. The molecule has 10 heteroatoms. The summed E-state index contributed by atoms with van der Waals surface area (Å²) >= 11 is 0. The Balaban J connectivity index is 1.98. The number of hydrogen-bond acceptors (Lipinski definition) is 6. The number of hydrogen-bond donors (Lipinski definition) is 1. The maximum atomic E-state index is 12.4. The van der Waals surface area contributed by atoms with Crippen molar-refractivity contribution in [1.82, 2.24) is 13.9 Å². The van der Waals surface area contributed by atoms with E-state index in [4.69, 9.17) is 4.74 Å². The number of nitrogens with zero attached hydrogens (tertiary/aromatic N) is 2. The fourth-order valence-electron chi connectivity index (χ4n) is 2.63. The molecule has 2 rings (SSSR count). The minimum Gasteiger partial charge on any atom is -0.497 e. The Kier molecular flexibility index (Phi) is 6.44. The highest BCUT2D eigenvalue weighted by atomic mass is 32.2. The van der Waals surface area contributed by atoms with Crippen LogP contribution in [0.2, 0.25) is 0 Å². The van der Waals surface area contributed by atoms with Crippen LogP contribution in [0.15, 0.2) is 23.1 Å². The Labute approximate surface area is 149 Å². The number of nitrogens with one attached hydrogen (secondary N) is 1. The predicted molar refractivity (Wildman–Crippen MR) is 95.8 cm³/mol. The lowest BCUT2D eigenvalue weighted by atomic mass is 10.2. The molecule has 1 aromatic rings. The fraction of sp³-hybridized carbons (Fsp3) is 0.600. The second kappa shape index (κ2) is 8.00. The minimum atomic E-state index is -3.77. The first kappa shape index (κ1) is 20.1. The van der Waals surface area contributed by atoms with Gasteiger partial charge in [0, 0.05) is 32.7 Å². The summed E-state index contributed by atoms with van der Waals surface area (Å²) in [7, 11) is -3.80. The number of piperazine rings is 1. The molecule has 0 bridgehead atoms. The van der Waals surface area contributed by atoms with Crippen LogP contribution >= 0.6 is 0 Å². The second-order valence-corrected chi connectivity index (χ2v) is 9.87. The highest BCUT2D eigenvalue weighted by molar-refractivity contribution is 7.90. The first-order valence-corrected chi connectivity index (χ1v) is 11.1. The molecule has 1 fully saturated rings. The number of methoxy groups -OCH3 is 1. The molecule has 0 aromatic heterocycles. The van der Waals surface area contributed by atoms with Gasteiger partial charge in [0.1, 0.15) is 5.75 Å². The molecule has 8 nitrogen and oxygen atoms in total.